The van der Waals surface area contributed by atoms with E-state index in [-0.39, 0.29) is 5.91 Å². The minimum absolute atomic E-state index is 0.236. The third kappa shape index (κ3) is 2.91. The number of hydrogen-bond acceptors (Lipinski definition) is 2. The van der Waals surface area contributed by atoms with Crippen molar-refractivity contribution < 1.29 is 9.53 Å². The van der Waals surface area contributed by atoms with Crippen LogP contribution >= 0.6 is 0 Å². The molecule has 3 rings (SSSR count). The van der Waals surface area contributed by atoms with E-state index in [0.29, 0.717) is 6.42 Å². The SMILES string of the molecule is O=C1CCCN1c1ccc(OCC2CCCC2)cc1. The van der Waals surface area contributed by atoms with Gasteiger partial charge in [-0.05, 0) is 49.4 Å². The molecule has 2 fully saturated rings. The molecule has 102 valence electrons. The third-order valence-electron chi connectivity index (χ3n) is 4.18. The first-order valence-electron chi connectivity index (χ1n) is 7.36. The lowest BCUT2D eigenvalue weighted by Gasteiger charge is -2.16. The molecule has 1 saturated carbocycles. The van der Waals surface area contributed by atoms with E-state index in [4.69, 9.17) is 4.74 Å². The molecule has 1 aromatic carbocycles. The quantitative estimate of drug-likeness (QED) is 0.829. The second kappa shape index (κ2) is 5.64. The van der Waals surface area contributed by atoms with E-state index in [2.05, 4.69) is 0 Å². The van der Waals surface area contributed by atoms with Gasteiger partial charge in [0.2, 0.25) is 5.91 Å². The van der Waals surface area contributed by atoms with Crippen LogP contribution in [0.1, 0.15) is 38.5 Å². The molecule has 1 amide bonds. The maximum Gasteiger partial charge on any atom is 0.227 e. The summed E-state index contributed by atoms with van der Waals surface area (Å²) in [5, 5.41) is 0. The predicted molar refractivity (Wildman–Crippen MR) is 75.5 cm³/mol. The van der Waals surface area contributed by atoms with Crippen molar-refractivity contribution >= 4 is 11.6 Å². The molecule has 0 unspecified atom stereocenters. The van der Waals surface area contributed by atoms with E-state index in [1.165, 1.54) is 25.7 Å². The van der Waals surface area contributed by atoms with Crippen LogP contribution in [0.2, 0.25) is 0 Å². The first kappa shape index (κ1) is 12.5. The molecule has 3 heteroatoms. The molecule has 0 atom stereocenters. The summed E-state index contributed by atoms with van der Waals surface area (Å²) in [4.78, 5) is 13.5. The maximum absolute atomic E-state index is 11.7. The number of rotatable bonds is 4. The fourth-order valence-electron chi connectivity index (χ4n) is 3.03. The molecular weight excluding hydrogens is 238 g/mol. The lowest BCUT2D eigenvalue weighted by Crippen LogP contribution is -2.23. The molecule has 0 spiro atoms. The summed E-state index contributed by atoms with van der Waals surface area (Å²) in [6, 6.07) is 7.95. The second-order valence-corrected chi connectivity index (χ2v) is 5.60. The van der Waals surface area contributed by atoms with Gasteiger partial charge in [0, 0.05) is 18.7 Å². The first-order chi connectivity index (χ1) is 9.33. The zero-order chi connectivity index (χ0) is 13.1. The second-order valence-electron chi connectivity index (χ2n) is 5.60. The molecule has 1 aliphatic heterocycles. The minimum atomic E-state index is 0.236. The third-order valence-corrected chi connectivity index (χ3v) is 4.18. The average Bonchev–Trinajstić information content (AvgIpc) is 3.08. The Bertz CT molecular complexity index is 435. The summed E-state index contributed by atoms with van der Waals surface area (Å²) in [7, 11) is 0. The van der Waals surface area contributed by atoms with Gasteiger partial charge in [-0.15, -0.1) is 0 Å². The van der Waals surface area contributed by atoms with E-state index in [0.717, 1.165) is 36.9 Å². The normalized spacial score (nSPS) is 20.2. The summed E-state index contributed by atoms with van der Waals surface area (Å²) >= 11 is 0. The number of carbonyl (C=O) groups excluding carboxylic acids is 1. The van der Waals surface area contributed by atoms with Crippen LogP contribution in [0, 0.1) is 5.92 Å². The fraction of sp³-hybridized carbons (Fsp3) is 0.562. The molecular formula is C16H21NO2. The Labute approximate surface area is 114 Å². The molecule has 0 bridgehead atoms. The van der Waals surface area contributed by atoms with Gasteiger partial charge in [-0.25, -0.2) is 0 Å². The van der Waals surface area contributed by atoms with Crippen LogP contribution in [-0.4, -0.2) is 19.1 Å². The van der Waals surface area contributed by atoms with Crippen molar-refractivity contribution in [1.29, 1.82) is 0 Å². The van der Waals surface area contributed by atoms with Crippen LogP contribution in [0.4, 0.5) is 5.69 Å². The highest BCUT2D eigenvalue weighted by Gasteiger charge is 2.21. The Morgan fingerprint density at radius 3 is 2.47 bits per heavy atom. The zero-order valence-electron chi connectivity index (χ0n) is 11.3. The van der Waals surface area contributed by atoms with Gasteiger partial charge in [-0.1, -0.05) is 12.8 Å². The van der Waals surface area contributed by atoms with Gasteiger partial charge in [0.05, 0.1) is 6.61 Å². The number of benzene rings is 1. The number of amides is 1. The van der Waals surface area contributed by atoms with Crippen molar-refractivity contribution in [3.8, 4) is 5.75 Å². The number of anilines is 1. The van der Waals surface area contributed by atoms with Gasteiger partial charge in [0.15, 0.2) is 0 Å². The van der Waals surface area contributed by atoms with Crippen molar-refractivity contribution in [2.75, 3.05) is 18.1 Å². The van der Waals surface area contributed by atoms with E-state index in [1.807, 2.05) is 29.2 Å². The van der Waals surface area contributed by atoms with Gasteiger partial charge >= 0.3 is 0 Å². The van der Waals surface area contributed by atoms with Crippen LogP contribution in [0.25, 0.3) is 0 Å². The smallest absolute Gasteiger partial charge is 0.227 e. The lowest BCUT2D eigenvalue weighted by atomic mass is 10.1. The highest BCUT2D eigenvalue weighted by molar-refractivity contribution is 5.95. The number of hydrogen-bond donors (Lipinski definition) is 0. The monoisotopic (exact) mass is 259 g/mol. The molecule has 1 saturated heterocycles. The van der Waals surface area contributed by atoms with Crippen LogP contribution in [0.15, 0.2) is 24.3 Å². The van der Waals surface area contributed by atoms with Crippen molar-refractivity contribution in [2.24, 2.45) is 5.92 Å². The Balaban J connectivity index is 1.57. The first-order valence-corrected chi connectivity index (χ1v) is 7.36. The molecule has 1 aromatic rings. The average molecular weight is 259 g/mol. The fourth-order valence-corrected chi connectivity index (χ4v) is 3.03. The van der Waals surface area contributed by atoms with Gasteiger partial charge in [-0.2, -0.15) is 0 Å². The molecule has 0 aromatic heterocycles. The number of ether oxygens (including phenoxy) is 1. The molecule has 2 aliphatic rings. The Morgan fingerprint density at radius 2 is 1.84 bits per heavy atom. The van der Waals surface area contributed by atoms with Crippen molar-refractivity contribution in [2.45, 2.75) is 38.5 Å². The Morgan fingerprint density at radius 1 is 1.11 bits per heavy atom. The van der Waals surface area contributed by atoms with Gasteiger partial charge in [-0.3, -0.25) is 4.79 Å². The lowest BCUT2D eigenvalue weighted by molar-refractivity contribution is -0.117. The Hall–Kier alpha value is -1.51. The molecule has 19 heavy (non-hydrogen) atoms. The molecule has 1 aliphatic carbocycles. The summed E-state index contributed by atoms with van der Waals surface area (Å²) in [6.45, 7) is 1.68. The van der Waals surface area contributed by atoms with Crippen molar-refractivity contribution in [1.82, 2.24) is 0 Å². The van der Waals surface area contributed by atoms with Crippen LogP contribution < -0.4 is 9.64 Å². The minimum Gasteiger partial charge on any atom is -0.493 e. The molecule has 0 radical (unpaired) electrons. The van der Waals surface area contributed by atoms with Gasteiger partial charge in [0.25, 0.3) is 0 Å². The van der Waals surface area contributed by atoms with Crippen molar-refractivity contribution in [3.63, 3.8) is 0 Å². The summed E-state index contributed by atoms with van der Waals surface area (Å²) in [5.74, 6) is 1.89. The predicted octanol–water partition coefficient (Wildman–Crippen LogP) is 3.38. The van der Waals surface area contributed by atoms with Crippen LogP contribution in [-0.2, 0) is 4.79 Å². The van der Waals surface area contributed by atoms with Crippen molar-refractivity contribution in [3.05, 3.63) is 24.3 Å². The van der Waals surface area contributed by atoms with Crippen LogP contribution in [0.5, 0.6) is 5.75 Å². The van der Waals surface area contributed by atoms with Gasteiger partial charge < -0.3 is 9.64 Å². The van der Waals surface area contributed by atoms with E-state index in [1.54, 1.807) is 0 Å². The maximum atomic E-state index is 11.7. The zero-order valence-corrected chi connectivity index (χ0v) is 11.3. The topological polar surface area (TPSA) is 29.5 Å². The van der Waals surface area contributed by atoms with Crippen LogP contribution in [0.3, 0.4) is 0 Å². The standard InChI is InChI=1S/C16H21NO2/c18-16-6-3-11-17(16)14-7-9-15(10-8-14)19-12-13-4-1-2-5-13/h7-10,13H,1-6,11-12H2. The number of nitrogens with zero attached hydrogens (tertiary/aromatic N) is 1. The molecule has 0 N–H and O–H groups in total. The van der Waals surface area contributed by atoms with E-state index < -0.39 is 0 Å². The number of carbonyl (C=O) groups is 1. The molecule has 1 heterocycles. The highest BCUT2D eigenvalue weighted by atomic mass is 16.5. The summed E-state index contributed by atoms with van der Waals surface area (Å²) < 4.78 is 5.83. The van der Waals surface area contributed by atoms with E-state index in [9.17, 15) is 4.79 Å². The molecule has 3 nitrogen and oxygen atoms in total. The highest BCUT2D eigenvalue weighted by Crippen LogP contribution is 2.27. The summed E-state index contributed by atoms with van der Waals surface area (Å²) in [5.41, 5.74) is 0.996. The largest absolute Gasteiger partial charge is 0.493 e. The summed E-state index contributed by atoms with van der Waals surface area (Å²) in [6.07, 6.45) is 6.97. The van der Waals surface area contributed by atoms with Gasteiger partial charge in [0.1, 0.15) is 5.75 Å². The van der Waals surface area contributed by atoms with E-state index >= 15 is 0 Å². The Kier molecular flexibility index (Phi) is 3.72.